The molecule has 1 heterocycles. The molecule has 0 spiro atoms. The summed E-state index contributed by atoms with van der Waals surface area (Å²) in [5.41, 5.74) is 6.83. The Hall–Kier alpha value is -1.68. The van der Waals surface area contributed by atoms with Crippen LogP contribution < -0.4 is 5.73 Å². The zero-order chi connectivity index (χ0) is 9.10. The van der Waals surface area contributed by atoms with Gasteiger partial charge in [-0.25, -0.2) is 0 Å². The topological polar surface area (TPSA) is 64.9 Å². The molecule has 0 saturated carbocycles. The Morgan fingerprint density at radius 3 is 2.62 bits per heavy atom. The summed E-state index contributed by atoms with van der Waals surface area (Å²) in [6.45, 7) is 0. The maximum atomic E-state index is 5.86. The fraction of sp³-hybridized carbons (Fsp3) is 0.111. The fourth-order valence-electron chi connectivity index (χ4n) is 1.12. The summed E-state index contributed by atoms with van der Waals surface area (Å²) in [6, 6.07) is 9.30. The van der Waals surface area contributed by atoms with E-state index in [4.69, 9.17) is 10.2 Å². The second-order valence-corrected chi connectivity index (χ2v) is 2.67. The van der Waals surface area contributed by atoms with Gasteiger partial charge in [-0.15, -0.1) is 10.2 Å². The smallest absolute Gasteiger partial charge is 0.237 e. The van der Waals surface area contributed by atoms with Gasteiger partial charge >= 0.3 is 0 Å². The van der Waals surface area contributed by atoms with E-state index in [1.54, 1.807) is 0 Å². The third-order valence-electron chi connectivity index (χ3n) is 1.80. The van der Waals surface area contributed by atoms with Crippen LogP contribution in [-0.4, -0.2) is 10.2 Å². The molecule has 13 heavy (non-hydrogen) atoms. The molecule has 2 rings (SSSR count). The molecule has 2 N–H and O–H groups in total. The fourth-order valence-corrected chi connectivity index (χ4v) is 1.12. The van der Waals surface area contributed by atoms with E-state index in [1.165, 1.54) is 6.39 Å². The molecule has 0 aliphatic carbocycles. The molecule has 0 bridgehead atoms. The van der Waals surface area contributed by atoms with Crippen molar-refractivity contribution in [3.63, 3.8) is 0 Å². The highest BCUT2D eigenvalue weighted by Gasteiger charge is 2.12. The van der Waals surface area contributed by atoms with Gasteiger partial charge in [0, 0.05) is 0 Å². The van der Waals surface area contributed by atoms with Crippen molar-refractivity contribution in [2.24, 2.45) is 5.73 Å². The van der Waals surface area contributed by atoms with E-state index in [-0.39, 0.29) is 6.04 Å². The van der Waals surface area contributed by atoms with Crippen molar-refractivity contribution in [2.75, 3.05) is 0 Å². The maximum Gasteiger partial charge on any atom is 0.237 e. The van der Waals surface area contributed by atoms with Crippen LogP contribution >= 0.6 is 0 Å². The lowest BCUT2D eigenvalue weighted by atomic mass is 10.1. The predicted molar refractivity (Wildman–Crippen MR) is 46.8 cm³/mol. The minimum absolute atomic E-state index is 0.330. The molecule has 1 aromatic heterocycles. The Balaban J connectivity index is 2.29. The molecule has 0 saturated heterocycles. The van der Waals surface area contributed by atoms with Gasteiger partial charge in [-0.3, -0.25) is 0 Å². The third-order valence-corrected chi connectivity index (χ3v) is 1.80. The molecular weight excluding hydrogens is 166 g/mol. The van der Waals surface area contributed by atoms with E-state index in [0.717, 1.165) is 5.56 Å². The molecule has 4 heteroatoms. The maximum absolute atomic E-state index is 5.86. The summed E-state index contributed by atoms with van der Waals surface area (Å²) in [4.78, 5) is 0. The number of rotatable bonds is 2. The first-order valence-corrected chi connectivity index (χ1v) is 3.94. The molecule has 0 aliphatic rings. The zero-order valence-electron chi connectivity index (χ0n) is 6.92. The van der Waals surface area contributed by atoms with Gasteiger partial charge in [0.1, 0.15) is 6.04 Å². The number of benzene rings is 1. The first-order chi connectivity index (χ1) is 6.38. The van der Waals surface area contributed by atoms with Crippen LogP contribution in [0.25, 0.3) is 0 Å². The standard InChI is InChI=1S/C9H9N3O/c10-8(9-12-11-6-13-9)7-4-2-1-3-5-7/h1-6,8H,10H2. The molecule has 0 aliphatic heterocycles. The Morgan fingerprint density at radius 2 is 2.00 bits per heavy atom. The number of hydrogen-bond acceptors (Lipinski definition) is 4. The van der Waals surface area contributed by atoms with Gasteiger partial charge in [-0.1, -0.05) is 30.3 Å². The van der Waals surface area contributed by atoms with E-state index in [0.29, 0.717) is 5.89 Å². The Kier molecular flexibility index (Phi) is 2.06. The average Bonchev–Trinajstić information content (AvgIpc) is 2.71. The summed E-state index contributed by atoms with van der Waals surface area (Å²) in [5, 5.41) is 7.32. The largest absolute Gasteiger partial charge is 0.426 e. The third kappa shape index (κ3) is 1.57. The summed E-state index contributed by atoms with van der Waals surface area (Å²) in [7, 11) is 0. The molecule has 2 aromatic rings. The van der Waals surface area contributed by atoms with Crippen molar-refractivity contribution in [1.82, 2.24) is 10.2 Å². The quantitative estimate of drug-likeness (QED) is 0.742. The van der Waals surface area contributed by atoms with Crippen molar-refractivity contribution >= 4 is 0 Å². The second kappa shape index (κ2) is 3.37. The van der Waals surface area contributed by atoms with Gasteiger partial charge < -0.3 is 10.2 Å². The monoisotopic (exact) mass is 175 g/mol. The first-order valence-electron chi connectivity index (χ1n) is 3.94. The van der Waals surface area contributed by atoms with E-state index in [2.05, 4.69) is 10.2 Å². The molecule has 66 valence electrons. The summed E-state index contributed by atoms with van der Waals surface area (Å²) < 4.78 is 5.00. The lowest BCUT2D eigenvalue weighted by Gasteiger charge is -2.05. The Morgan fingerprint density at radius 1 is 1.23 bits per heavy atom. The summed E-state index contributed by atoms with van der Waals surface area (Å²) >= 11 is 0. The minimum Gasteiger partial charge on any atom is -0.426 e. The van der Waals surface area contributed by atoms with E-state index < -0.39 is 0 Å². The molecule has 4 nitrogen and oxygen atoms in total. The van der Waals surface area contributed by atoms with Crippen LogP contribution in [0.3, 0.4) is 0 Å². The van der Waals surface area contributed by atoms with Gasteiger partial charge in [0.15, 0.2) is 0 Å². The average molecular weight is 175 g/mol. The Bertz CT molecular complexity index is 358. The SMILES string of the molecule is NC(c1ccccc1)c1nnco1. The molecule has 1 atom stereocenters. The highest BCUT2D eigenvalue weighted by Crippen LogP contribution is 2.15. The second-order valence-electron chi connectivity index (χ2n) is 2.67. The minimum atomic E-state index is -0.330. The van der Waals surface area contributed by atoms with Crippen LogP contribution in [0.15, 0.2) is 41.1 Å². The van der Waals surface area contributed by atoms with Crippen LogP contribution in [0.1, 0.15) is 17.5 Å². The van der Waals surface area contributed by atoms with E-state index in [1.807, 2.05) is 30.3 Å². The molecule has 0 radical (unpaired) electrons. The van der Waals surface area contributed by atoms with Gasteiger partial charge in [0.05, 0.1) is 0 Å². The van der Waals surface area contributed by atoms with E-state index in [9.17, 15) is 0 Å². The molecule has 0 fully saturated rings. The normalized spacial score (nSPS) is 12.7. The molecule has 1 unspecified atom stereocenters. The molecule has 0 amide bonds. The van der Waals surface area contributed by atoms with Crippen LogP contribution in [0, 0.1) is 0 Å². The van der Waals surface area contributed by atoms with Gasteiger partial charge in [-0.05, 0) is 5.56 Å². The highest BCUT2D eigenvalue weighted by atomic mass is 16.4. The number of nitrogens with two attached hydrogens (primary N) is 1. The van der Waals surface area contributed by atoms with Gasteiger partial charge in [0.25, 0.3) is 0 Å². The van der Waals surface area contributed by atoms with Crippen LogP contribution in [0.4, 0.5) is 0 Å². The van der Waals surface area contributed by atoms with Crippen molar-refractivity contribution < 1.29 is 4.42 Å². The van der Waals surface area contributed by atoms with E-state index >= 15 is 0 Å². The van der Waals surface area contributed by atoms with Crippen LogP contribution in [-0.2, 0) is 0 Å². The zero-order valence-corrected chi connectivity index (χ0v) is 6.92. The Labute approximate surface area is 75.4 Å². The number of nitrogens with zero attached hydrogens (tertiary/aromatic N) is 2. The van der Waals surface area contributed by atoms with Crippen molar-refractivity contribution in [3.05, 3.63) is 48.2 Å². The van der Waals surface area contributed by atoms with Crippen molar-refractivity contribution in [3.8, 4) is 0 Å². The molecular formula is C9H9N3O. The number of aromatic nitrogens is 2. The van der Waals surface area contributed by atoms with Crippen LogP contribution in [0.5, 0.6) is 0 Å². The number of hydrogen-bond donors (Lipinski definition) is 1. The highest BCUT2D eigenvalue weighted by molar-refractivity contribution is 5.22. The predicted octanol–water partition coefficient (Wildman–Crippen LogP) is 1.12. The lowest BCUT2D eigenvalue weighted by Crippen LogP contribution is -2.11. The molecule has 1 aromatic carbocycles. The van der Waals surface area contributed by atoms with Gasteiger partial charge in [0.2, 0.25) is 12.3 Å². The summed E-state index contributed by atoms with van der Waals surface area (Å²) in [5.74, 6) is 0.436. The van der Waals surface area contributed by atoms with Crippen molar-refractivity contribution in [2.45, 2.75) is 6.04 Å². The van der Waals surface area contributed by atoms with Crippen LogP contribution in [0.2, 0.25) is 0 Å². The van der Waals surface area contributed by atoms with Crippen molar-refractivity contribution in [1.29, 1.82) is 0 Å². The van der Waals surface area contributed by atoms with Gasteiger partial charge in [-0.2, -0.15) is 0 Å². The summed E-state index contributed by atoms with van der Waals surface area (Å²) in [6.07, 6.45) is 1.28. The lowest BCUT2D eigenvalue weighted by molar-refractivity contribution is 0.473. The first kappa shape index (κ1) is 7.94.